The molecule has 126 valence electrons. The summed E-state index contributed by atoms with van der Waals surface area (Å²) in [6, 6.07) is 17.3. The highest BCUT2D eigenvalue weighted by Gasteiger charge is 2.35. The highest BCUT2D eigenvalue weighted by molar-refractivity contribution is 7.85. The molecule has 0 amide bonds. The summed E-state index contributed by atoms with van der Waals surface area (Å²) in [6.45, 7) is 7.81. The average Bonchev–Trinajstić information content (AvgIpc) is 2.61. The molecular formula is C22H21NOS. The molecule has 2 aromatic carbocycles. The predicted octanol–water partition coefficient (Wildman–Crippen LogP) is 4.91. The van der Waals surface area contributed by atoms with Crippen LogP contribution in [0.5, 0.6) is 0 Å². The zero-order valence-corrected chi connectivity index (χ0v) is 15.4. The summed E-state index contributed by atoms with van der Waals surface area (Å²) in [7, 11) is -1.38. The Kier molecular flexibility index (Phi) is 5.97. The van der Waals surface area contributed by atoms with Crippen LogP contribution in [0.15, 0.2) is 70.5 Å². The van der Waals surface area contributed by atoms with E-state index in [1.807, 2.05) is 62.4 Å². The summed E-state index contributed by atoms with van der Waals surface area (Å²) >= 11 is 0. The summed E-state index contributed by atoms with van der Waals surface area (Å²) in [6.07, 6.45) is 6.24. The molecule has 2 rings (SSSR count). The molecule has 0 aromatic heterocycles. The Bertz CT molecular complexity index is 883. The number of aryl methyl sites for hydroxylation is 1. The van der Waals surface area contributed by atoms with Gasteiger partial charge in [-0.15, -0.1) is 18.9 Å². The van der Waals surface area contributed by atoms with Crippen molar-refractivity contribution in [1.82, 2.24) is 0 Å². The van der Waals surface area contributed by atoms with Gasteiger partial charge in [-0.2, -0.15) is 5.26 Å². The van der Waals surface area contributed by atoms with Crippen molar-refractivity contribution in [3.8, 4) is 18.4 Å². The molecule has 3 heteroatoms. The first-order chi connectivity index (χ1) is 11.9. The smallest absolute Gasteiger partial charge is 0.0979 e. The Morgan fingerprint density at radius 1 is 1.24 bits per heavy atom. The molecule has 0 fully saturated rings. The van der Waals surface area contributed by atoms with Crippen LogP contribution in [0.25, 0.3) is 0 Å². The highest BCUT2D eigenvalue weighted by Crippen LogP contribution is 2.38. The van der Waals surface area contributed by atoms with Crippen LogP contribution >= 0.6 is 0 Å². The normalized spacial score (nSPS) is 13.9. The number of benzene rings is 2. The molecule has 0 spiro atoms. The van der Waals surface area contributed by atoms with Crippen molar-refractivity contribution in [2.75, 3.05) is 0 Å². The highest BCUT2D eigenvalue weighted by atomic mass is 32.2. The van der Waals surface area contributed by atoms with Crippen LogP contribution in [0.3, 0.4) is 0 Å². The molecule has 0 aliphatic rings. The number of nitriles is 1. The minimum absolute atomic E-state index is 0.248. The second-order valence-corrected chi connectivity index (χ2v) is 7.74. The van der Waals surface area contributed by atoms with Gasteiger partial charge in [-0.3, -0.25) is 0 Å². The maximum Gasteiger partial charge on any atom is 0.0979 e. The van der Waals surface area contributed by atoms with Crippen LogP contribution in [0.4, 0.5) is 0 Å². The molecule has 25 heavy (non-hydrogen) atoms. The van der Waals surface area contributed by atoms with Gasteiger partial charge in [0.1, 0.15) is 0 Å². The molecule has 2 aromatic rings. The quantitative estimate of drug-likeness (QED) is 0.550. The van der Waals surface area contributed by atoms with E-state index in [1.165, 1.54) is 0 Å². The van der Waals surface area contributed by atoms with Crippen LogP contribution in [-0.2, 0) is 16.2 Å². The second-order valence-electron chi connectivity index (χ2n) is 6.29. The van der Waals surface area contributed by atoms with E-state index in [-0.39, 0.29) is 6.42 Å². The van der Waals surface area contributed by atoms with E-state index in [0.29, 0.717) is 16.2 Å². The lowest BCUT2D eigenvalue weighted by atomic mass is 9.74. The lowest BCUT2D eigenvalue weighted by molar-refractivity contribution is 0.547. The molecule has 0 bridgehead atoms. The topological polar surface area (TPSA) is 40.9 Å². The summed E-state index contributed by atoms with van der Waals surface area (Å²) in [5.41, 5.74) is 1.78. The molecule has 0 saturated carbocycles. The first-order valence-electron chi connectivity index (χ1n) is 8.00. The van der Waals surface area contributed by atoms with Crippen molar-refractivity contribution in [2.45, 2.75) is 41.9 Å². The molecule has 0 heterocycles. The average molecular weight is 347 g/mol. The Hall–Kier alpha value is -2.62. The Morgan fingerprint density at radius 3 is 2.44 bits per heavy atom. The minimum atomic E-state index is -1.38. The summed E-state index contributed by atoms with van der Waals surface area (Å²) in [4.78, 5) is 1.34. The number of allylic oxidation sites excluding steroid dienone is 1. The van der Waals surface area contributed by atoms with Gasteiger partial charge in [0.2, 0.25) is 0 Å². The van der Waals surface area contributed by atoms with E-state index in [0.717, 1.165) is 16.7 Å². The number of hydrogen-bond acceptors (Lipinski definition) is 2. The van der Waals surface area contributed by atoms with Gasteiger partial charge in [0.05, 0.1) is 22.3 Å². The third kappa shape index (κ3) is 4.08. The van der Waals surface area contributed by atoms with Gasteiger partial charge >= 0.3 is 0 Å². The van der Waals surface area contributed by atoms with E-state index in [9.17, 15) is 9.47 Å². The SMILES string of the molecule is C#CC[C@@](C#N)(CC(=C)C)c1ccccc1[S@@](=O)c1ccc(C)cc1. The van der Waals surface area contributed by atoms with Gasteiger partial charge in [-0.25, -0.2) is 4.21 Å². The van der Waals surface area contributed by atoms with Crippen LogP contribution in [0, 0.1) is 30.6 Å². The van der Waals surface area contributed by atoms with Crippen molar-refractivity contribution in [2.24, 2.45) is 0 Å². The predicted molar refractivity (Wildman–Crippen MR) is 102 cm³/mol. The van der Waals surface area contributed by atoms with Gasteiger partial charge in [-0.1, -0.05) is 41.5 Å². The lowest BCUT2D eigenvalue weighted by Crippen LogP contribution is -2.26. The molecule has 0 radical (unpaired) electrons. The fourth-order valence-electron chi connectivity index (χ4n) is 2.89. The molecule has 2 atom stereocenters. The molecule has 0 saturated heterocycles. The van der Waals surface area contributed by atoms with Crippen LogP contribution in [0.1, 0.15) is 30.9 Å². The maximum atomic E-state index is 13.2. The van der Waals surface area contributed by atoms with Crippen molar-refractivity contribution in [3.63, 3.8) is 0 Å². The zero-order chi connectivity index (χ0) is 18.4. The van der Waals surface area contributed by atoms with Crippen molar-refractivity contribution < 1.29 is 4.21 Å². The zero-order valence-electron chi connectivity index (χ0n) is 14.6. The van der Waals surface area contributed by atoms with Crippen molar-refractivity contribution in [3.05, 3.63) is 71.8 Å². The second kappa shape index (κ2) is 7.97. The van der Waals surface area contributed by atoms with E-state index >= 15 is 0 Å². The molecule has 0 aliphatic heterocycles. The Morgan fingerprint density at radius 2 is 1.88 bits per heavy atom. The van der Waals surface area contributed by atoms with Gasteiger partial charge in [-0.05, 0) is 44.0 Å². The molecule has 0 aliphatic carbocycles. The van der Waals surface area contributed by atoms with Crippen molar-refractivity contribution >= 4 is 10.8 Å². The number of hydrogen-bond donors (Lipinski definition) is 0. The Labute approximate surface area is 152 Å². The Balaban J connectivity index is 2.61. The van der Waals surface area contributed by atoms with Crippen LogP contribution < -0.4 is 0 Å². The monoisotopic (exact) mass is 347 g/mol. The third-order valence-electron chi connectivity index (χ3n) is 4.06. The van der Waals surface area contributed by atoms with Crippen LogP contribution in [0.2, 0.25) is 0 Å². The van der Waals surface area contributed by atoms with E-state index in [4.69, 9.17) is 6.42 Å². The number of nitrogens with zero attached hydrogens (tertiary/aromatic N) is 1. The van der Waals surface area contributed by atoms with Gasteiger partial charge in [0.15, 0.2) is 0 Å². The summed E-state index contributed by atoms with van der Waals surface area (Å²) < 4.78 is 13.2. The van der Waals surface area contributed by atoms with E-state index < -0.39 is 16.2 Å². The van der Waals surface area contributed by atoms with Gasteiger partial charge < -0.3 is 0 Å². The first kappa shape index (κ1) is 18.7. The first-order valence-corrected chi connectivity index (χ1v) is 9.15. The molecular weight excluding hydrogens is 326 g/mol. The molecule has 0 unspecified atom stereocenters. The fourth-order valence-corrected chi connectivity index (χ4v) is 4.20. The fraction of sp³-hybridized carbons (Fsp3) is 0.227. The maximum absolute atomic E-state index is 13.2. The van der Waals surface area contributed by atoms with E-state index in [1.54, 1.807) is 0 Å². The third-order valence-corrected chi connectivity index (χ3v) is 5.51. The number of rotatable bonds is 6. The standard InChI is InChI=1S/C22H21NOS/c1-5-14-22(16-23,15-17(2)3)20-8-6-7-9-21(20)25(24)19-12-10-18(4)11-13-19/h1,6-13H,2,14-15H2,3-4H3/t22-,25-/m0/s1. The largest absolute Gasteiger partial charge is 0.249 e. The van der Waals surface area contributed by atoms with Gasteiger partial charge in [0.25, 0.3) is 0 Å². The minimum Gasteiger partial charge on any atom is -0.249 e. The lowest BCUT2D eigenvalue weighted by Gasteiger charge is -2.27. The summed E-state index contributed by atoms with van der Waals surface area (Å²) in [5, 5.41) is 9.94. The summed E-state index contributed by atoms with van der Waals surface area (Å²) in [5.74, 6) is 2.61. The van der Waals surface area contributed by atoms with Crippen LogP contribution in [-0.4, -0.2) is 4.21 Å². The van der Waals surface area contributed by atoms with E-state index in [2.05, 4.69) is 18.6 Å². The van der Waals surface area contributed by atoms with Crippen molar-refractivity contribution in [1.29, 1.82) is 5.26 Å². The molecule has 0 N–H and O–H groups in total. The molecule has 2 nitrogen and oxygen atoms in total. The number of terminal acetylenes is 1. The van der Waals surface area contributed by atoms with Gasteiger partial charge in [0, 0.05) is 16.2 Å².